The van der Waals surface area contributed by atoms with E-state index in [1.807, 2.05) is 11.3 Å². The average Bonchev–Trinajstić information content (AvgIpc) is 3.15. The minimum atomic E-state index is -0.207. The van der Waals surface area contributed by atoms with Crippen LogP contribution in [0.1, 0.15) is 49.0 Å². The quantitative estimate of drug-likeness (QED) is 0.901. The topological polar surface area (TPSA) is 32.3 Å². The first-order chi connectivity index (χ1) is 8.93. The highest BCUT2D eigenvalue weighted by Gasteiger charge is 2.65. The molecule has 2 atom stereocenters. The van der Waals surface area contributed by atoms with Crippen LogP contribution in [0.25, 0.3) is 0 Å². The number of thiophene rings is 1. The van der Waals surface area contributed by atoms with Crippen LogP contribution in [-0.4, -0.2) is 22.4 Å². The minimum Gasteiger partial charge on any atom is -0.317 e. The van der Waals surface area contributed by atoms with Crippen LogP contribution in [0.15, 0.2) is 12.1 Å². The summed E-state index contributed by atoms with van der Waals surface area (Å²) in [6.07, 6.45) is 3.27. The van der Waals surface area contributed by atoms with E-state index in [4.69, 9.17) is 0 Å². The third kappa shape index (κ3) is 1.62. The zero-order chi connectivity index (χ0) is 13.4. The highest BCUT2D eigenvalue weighted by Crippen LogP contribution is 2.56. The summed E-state index contributed by atoms with van der Waals surface area (Å²) in [5, 5.41) is 3.62. The summed E-state index contributed by atoms with van der Waals surface area (Å²) in [6, 6.07) is 4.74. The molecule has 4 heteroatoms. The molecular formula is C15H20N2OS. The van der Waals surface area contributed by atoms with E-state index in [2.05, 4.69) is 43.1 Å². The lowest BCUT2D eigenvalue weighted by Gasteiger charge is -2.25. The van der Waals surface area contributed by atoms with Crippen molar-refractivity contribution in [2.24, 2.45) is 5.41 Å². The molecule has 3 nitrogen and oxygen atoms in total. The van der Waals surface area contributed by atoms with E-state index in [1.54, 1.807) is 0 Å². The Labute approximate surface area is 118 Å². The molecule has 1 amide bonds. The second kappa shape index (κ2) is 3.41. The summed E-state index contributed by atoms with van der Waals surface area (Å²) in [5.41, 5.74) is 0.0869. The molecule has 2 saturated carbocycles. The molecule has 1 aromatic rings. The van der Waals surface area contributed by atoms with Crippen LogP contribution in [0.3, 0.4) is 0 Å². The molecule has 0 aromatic carbocycles. The van der Waals surface area contributed by atoms with Crippen molar-refractivity contribution in [1.82, 2.24) is 10.2 Å². The fourth-order valence-electron chi connectivity index (χ4n) is 3.28. The highest BCUT2D eigenvalue weighted by atomic mass is 32.1. The molecule has 1 spiro atoms. The number of rotatable bonds is 2. The monoisotopic (exact) mass is 276 g/mol. The van der Waals surface area contributed by atoms with Gasteiger partial charge in [0.2, 0.25) is 5.91 Å². The lowest BCUT2D eigenvalue weighted by atomic mass is 10.1. The first-order valence-corrected chi connectivity index (χ1v) is 7.91. The normalized spacial score (nSPS) is 34.1. The minimum absolute atomic E-state index is 0.112. The van der Waals surface area contributed by atoms with Crippen molar-refractivity contribution in [2.45, 2.75) is 57.8 Å². The molecule has 2 heterocycles. The van der Waals surface area contributed by atoms with Gasteiger partial charge in [0.25, 0.3) is 0 Å². The van der Waals surface area contributed by atoms with Crippen molar-refractivity contribution < 1.29 is 4.79 Å². The number of amides is 1. The van der Waals surface area contributed by atoms with Gasteiger partial charge in [0.05, 0.1) is 0 Å². The zero-order valence-corrected chi connectivity index (χ0v) is 12.5. The average molecular weight is 276 g/mol. The van der Waals surface area contributed by atoms with E-state index >= 15 is 0 Å². The van der Waals surface area contributed by atoms with E-state index in [0.717, 1.165) is 19.3 Å². The molecule has 2 unspecified atom stereocenters. The third-order valence-corrected chi connectivity index (χ3v) is 5.97. The molecule has 1 N–H and O–H groups in total. The molecule has 3 aliphatic rings. The Balaban J connectivity index is 1.70. The second-order valence-electron chi connectivity index (χ2n) is 7.00. The van der Waals surface area contributed by atoms with Crippen LogP contribution in [0, 0.1) is 12.3 Å². The molecule has 3 fully saturated rings. The smallest absolute Gasteiger partial charge is 0.244 e. The van der Waals surface area contributed by atoms with Gasteiger partial charge in [-0.15, -0.1) is 11.3 Å². The number of carbonyl (C=O) groups is 1. The van der Waals surface area contributed by atoms with E-state index in [0.29, 0.717) is 17.4 Å². The Hall–Kier alpha value is -0.870. The molecule has 0 bridgehead atoms. The molecular weight excluding hydrogens is 256 g/mol. The number of carbonyl (C=O) groups excluding carboxylic acids is 1. The van der Waals surface area contributed by atoms with E-state index in [1.165, 1.54) is 9.75 Å². The van der Waals surface area contributed by atoms with Gasteiger partial charge in [-0.25, -0.2) is 0 Å². The van der Waals surface area contributed by atoms with Gasteiger partial charge < -0.3 is 4.90 Å². The molecule has 1 saturated heterocycles. The van der Waals surface area contributed by atoms with Crippen molar-refractivity contribution in [1.29, 1.82) is 0 Å². The largest absolute Gasteiger partial charge is 0.317 e. The van der Waals surface area contributed by atoms with Gasteiger partial charge in [-0.05, 0) is 43.7 Å². The summed E-state index contributed by atoms with van der Waals surface area (Å²) in [6.45, 7) is 6.66. The van der Waals surface area contributed by atoms with Crippen LogP contribution in [-0.2, 0) is 4.79 Å². The van der Waals surface area contributed by atoms with Gasteiger partial charge in [0.1, 0.15) is 11.7 Å². The first kappa shape index (κ1) is 11.9. The molecule has 2 aliphatic carbocycles. The van der Waals surface area contributed by atoms with Crippen molar-refractivity contribution in [2.75, 3.05) is 0 Å². The van der Waals surface area contributed by atoms with Crippen LogP contribution < -0.4 is 5.32 Å². The number of aryl methyl sites for hydroxylation is 1. The van der Waals surface area contributed by atoms with Crippen molar-refractivity contribution in [3.8, 4) is 0 Å². The maximum atomic E-state index is 12.7. The maximum absolute atomic E-state index is 12.7. The number of hydrogen-bond donors (Lipinski definition) is 1. The summed E-state index contributed by atoms with van der Waals surface area (Å²) in [5.74, 6) is 0.346. The van der Waals surface area contributed by atoms with Crippen LogP contribution in [0.4, 0.5) is 0 Å². The first-order valence-electron chi connectivity index (χ1n) is 7.10. The SMILES string of the molecule is Cc1ccc(C2NC3(CC3)C(=O)N2C2CC2(C)C)s1. The lowest BCUT2D eigenvalue weighted by molar-refractivity contribution is -0.131. The predicted molar refractivity (Wildman–Crippen MR) is 75.9 cm³/mol. The van der Waals surface area contributed by atoms with E-state index < -0.39 is 0 Å². The molecule has 4 rings (SSSR count). The number of nitrogens with one attached hydrogen (secondary N) is 1. The molecule has 0 radical (unpaired) electrons. The molecule has 19 heavy (non-hydrogen) atoms. The highest BCUT2D eigenvalue weighted by molar-refractivity contribution is 7.12. The Kier molecular flexibility index (Phi) is 2.14. The van der Waals surface area contributed by atoms with Crippen molar-refractivity contribution in [3.63, 3.8) is 0 Å². The van der Waals surface area contributed by atoms with Gasteiger partial charge in [0.15, 0.2) is 0 Å². The molecule has 1 aromatic heterocycles. The molecule has 102 valence electrons. The van der Waals surface area contributed by atoms with E-state index in [9.17, 15) is 4.79 Å². The van der Waals surface area contributed by atoms with Crippen LogP contribution in [0.5, 0.6) is 0 Å². The lowest BCUT2D eigenvalue weighted by Crippen LogP contribution is -2.35. The third-order valence-electron chi connectivity index (χ3n) is 4.91. The van der Waals surface area contributed by atoms with Gasteiger partial charge in [-0.3, -0.25) is 10.1 Å². The summed E-state index contributed by atoms with van der Waals surface area (Å²) in [4.78, 5) is 17.5. The predicted octanol–water partition coefficient (Wildman–Crippen LogP) is 2.82. The second-order valence-corrected chi connectivity index (χ2v) is 8.32. The number of hydrogen-bond acceptors (Lipinski definition) is 3. The van der Waals surface area contributed by atoms with Gasteiger partial charge in [0, 0.05) is 15.8 Å². The van der Waals surface area contributed by atoms with Crippen LogP contribution >= 0.6 is 11.3 Å². The maximum Gasteiger partial charge on any atom is 0.244 e. The van der Waals surface area contributed by atoms with Gasteiger partial charge in [-0.1, -0.05) is 13.8 Å². The zero-order valence-electron chi connectivity index (χ0n) is 11.7. The fraction of sp³-hybridized carbons (Fsp3) is 0.667. The van der Waals surface area contributed by atoms with Gasteiger partial charge in [-0.2, -0.15) is 0 Å². The Morgan fingerprint density at radius 3 is 2.53 bits per heavy atom. The van der Waals surface area contributed by atoms with Gasteiger partial charge >= 0.3 is 0 Å². The number of nitrogens with zero attached hydrogens (tertiary/aromatic N) is 1. The van der Waals surface area contributed by atoms with Crippen molar-refractivity contribution >= 4 is 17.2 Å². The fourth-order valence-corrected chi connectivity index (χ4v) is 4.21. The van der Waals surface area contributed by atoms with Crippen LogP contribution in [0.2, 0.25) is 0 Å². The summed E-state index contributed by atoms with van der Waals surface area (Å²) < 4.78 is 0. The Bertz CT molecular complexity index is 558. The van der Waals surface area contributed by atoms with Crippen molar-refractivity contribution in [3.05, 3.63) is 21.9 Å². The standard InChI is InChI=1S/C15H20N2OS/c1-9-4-5-10(19-9)12-16-15(6-7-15)13(18)17(12)11-8-14(11,2)3/h4-5,11-12,16H,6-8H2,1-3H3. The summed E-state index contributed by atoms with van der Waals surface area (Å²) >= 11 is 1.81. The summed E-state index contributed by atoms with van der Waals surface area (Å²) in [7, 11) is 0. The molecule has 1 aliphatic heterocycles. The van der Waals surface area contributed by atoms with E-state index in [-0.39, 0.29) is 11.7 Å². The Morgan fingerprint density at radius 1 is 1.37 bits per heavy atom. The Morgan fingerprint density at radius 2 is 2.05 bits per heavy atom.